The molecule has 2 N–H and O–H groups in total. The van der Waals surface area contributed by atoms with Crippen LogP contribution in [-0.4, -0.2) is 60.0 Å². The van der Waals surface area contributed by atoms with Crippen molar-refractivity contribution in [3.05, 3.63) is 47.5 Å². The van der Waals surface area contributed by atoms with Crippen LogP contribution in [0.4, 0.5) is 5.69 Å². The van der Waals surface area contributed by atoms with E-state index in [0.717, 1.165) is 80.2 Å². The minimum absolute atomic E-state index is 0.188. The maximum Gasteiger partial charge on any atom is 0.225 e. The van der Waals surface area contributed by atoms with Gasteiger partial charge in [0, 0.05) is 43.3 Å². The van der Waals surface area contributed by atoms with Crippen LogP contribution >= 0.6 is 11.6 Å². The summed E-state index contributed by atoms with van der Waals surface area (Å²) >= 11 is 6.51. The molecule has 0 atom stereocenters. The summed E-state index contributed by atoms with van der Waals surface area (Å²) in [4.78, 5) is 25.3. The van der Waals surface area contributed by atoms with Gasteiger partial charge >= 0.3 is 0 Å². The largest absolute Gasteiger partial charge is 0.368 e. The summed E-state index contributed by atoms with van der Waals surface area (Å²) in [6.07, 6.45) is 1.91. The fourth-order valence-electron chi connectivity index (χ4n) is 4.48. The van der Waals surface area contributed by atoms with Gasteiger partial charge in [0.15, 0.2) is 0 Å². The van der Waals surface area contributed by atoms with Crippen molar-refractivity contribution in [3.63, 3.8) is 0 Å². The van der Waals surface area contributed by atoms with Gasteiger partial charge in [0.05, 0.1) is 16.1 Å². The molecule has 1 amide bonds. The molecule has 3 aromatic rings. The van der Waals surface area contributed by atoms with E-state index in [4.69, 9.17) is 16.6 Å². The Labute approximate surface area is 181 Å². The van der Waals surface area contributed by atoms with Gasteiger partial charge in [-0.3, -0.25) is 4.79 Å². The Morgan fingerprint density at radius 1 is 1.03 bits per heavy atom. The van der Waals surface area contributed by atoms with E-state index in [0.29, 0.717) is 10.9 Å². The topological polar surface area (TPSA) is 64.3 Å². The molecular formula is C23H26ClN5O. The number of nitrogens with one attached hydrogen (secondary N) is 2. The van der Waals surface area contributed by atoms with Crippen LogP contribution in [-0.2, 0) is 4.79 Å². The van der Waals surface area contributed by atoms with Crippen LogP contribution in [0.15, 0.2) is 42.5 Å². The van der Waals surface area contributed by atoms with E-state index in [1.807, 2.05) is 35.2 Å². The lowest BCUT2D eigenvalue weighted by Gasteiger charge is -2.38. The quantitative estimate of drug-likeness (QED) is 0.676. The molecule has 6 nitrogen and oxygen atoms in total. The van der Waals surface area contributed by atoms with Crippen LogP contribution in [0.25, 0.3) is 22.4 Å². The number of hydrogen-bond donors (Lipinski definition) is 2. The number of anilines is 1. The molecule has 2 aliphatic rings. The van der Waals surface area contributed by atoms with E-state index in [1.54, 1.807) is 0 Å². The normalized spacial score (nSPS) is 18.2. The number of nitrogens with zero attached hydrogens (tertiary/aromatic N) is 3. The second-order valence-electron chi connectivity index (χ2n) is 8.10. The van der Waals surface area contributed by atoms with Gasteiger partial charge in [-0.15, -0.1) is 0 Å². The second-order valence-corrected chi connectivity index (χ2v) is 8.51. The molecule has 2 aromatic carbocycles. The number of carbonyl (C=O) groups excluding carboxylic acids is 1. The number of aromatic amines is 1. The first kappa shape index (κ1) is 19.4. The first-order chi connectivity index (χ1) is 14.7. The fraction of sp³-hybridized carbons (Fsp3) is 0.391. The summed E-state index contributed by atoms with van der Waals surface area (Å²) in [7, 11) is 0. The van der Waals surface area contributed by atoms with Gasteiger partial charge in [-0.25, -0.2) is 4.98 Å². The number of imidazole rings is 1. The van der Waals surface area contributed by atoms with Crippen molar-refractivity contribution >= 4 is 34.2 Å². The van der Waals surface area contributed by atoms with Crippen molar-refractivity contribution in [1.82, 2.24) is 20.2 Å². The predicted octanol–water partition coefficient (Wildman–Crippen LogP) is 3.53. The molecule has 2 saturated heterocycles. The molecule has 30 heavy (non-hydrogen) atoms. The number of benzene rings is 2. The molecule has 2 fully saturated rings. The lowest BCUT2D eigenvalue weighted by Crippen LogP contribution is -2.51. The number of piperidine rings is 1. The first-order valence-corrected chi connectivity index (χ1v) is 11.1. The van der Waals surface area contributed by atoms with E-state index >= 15 is 0 Å². The number of H-pyrrole nitrogens is 1. The Balaban J connectivity index is 1.31. The highest BCUT2D eigenvalue weighted by Crippen LogP contribution is 2.32. The van der Waals surface area contributed by atoms with Crippen LogP contribution in [0.3, 0.4) is 0 Å². The molecule has 0 saturated carbocycles. The highest BCUT2D eigenvalue weighted by atomic mass is 35.5. The minimum Gasteiger partial charge on any atom is -0.368 e. The SMILES string of the molecule is O=C(C1CCNCC1)N1CCN(c2ccc(Cl)c(-c3nc4ccccc4[nH]3)c2)CC1. The molecule has 0 unspecified atom stereocenters. The number of fused-ring (bicyclic) bond motifs is 1. The third kappa shape index (κ3) is 3.77. The zero-order valence-corrected chi connectivity index (χ0v) is 17.7. The average molecular weight is 424 g/mol. The van der Waals surface area contributed by atoms with Gasteiger partial charge in [0.2, 0.25) is 5.91 Å². The molecule has 0 radical (unpaired) electrons. The van der Waals surface area contributed by atoms with E-state index in [2.05, 4.69) is 27.3 Å². The maximum absolute atomic E-state index is 12.8. The van der Waals surface area contributed by atoms with Crippen LogP contribution in [0.1, 0.15) is 12.8 Å². The summed E-state index contributed by atoms with van der Waals surface area (Å²) in [5, 5.41) is 4.01. The second kappa shape index (κ2) is 8.28. The third-order valence-corrected chi connectivity index (χ3v) is 6.57. The molecule has 7 heteroatoms. The van der Waals surface area contributed by atoms with Gasteiger partial charge in [-0.2, -0.15) is 0 Å². The molecule has 0 spiro atoms. The van der Waals surface area contributed by atoms with Gasteiger partial charge in [0.25, 0.3) is 0 Å². The van der Waals surface area contributed by atoms with E-state index in [-0.39, 0.29) is 5.92 Å². The number of piperazine rings is 1. The van der Waals surface area contributed by atoms with Crippen LogP contribution in [0.2, 0.25) is 5.02 Å². The number of para-hydroxylation sites is 2. The van der Waals surface area contributed by atoms with Crippen molar-refractivity contribution in [2.45, 2.75) is 12.8 Å². The summed E-state index contributed by atoms with van der Waals surface area (Å²) < 4.78 is 0. The number of carbonyl (C=O) groups is 1. The number of hydrogen-bond acceptors (Lipinski definition) is 4. The predicted molar refractivity (Wildman–Crippen MR) is 121 cm³/mol. The van der Waals surface area contributed by atoms with Crippen molar-refractivity contribution in [2.75, 3.05) is 44.2 Å². The Bertz CT molecular complexity index is 1020. The van der Waals surface area contributed by atoms with Gasteiger partial charge < -0.3 is 20.1 Å². The van der Waals surface area contributed by atoms with Crippen molar-refractivity contribution < 1.29 is 4.79 Å². The van der Waals surface area contributed by atoms with Gasteiger partial charge in [0.1, 0.15) is 5.82 Å². The van der Waals surface area contributed by atoms with Gasteiger partial charge in [-0.1, -0.05) is 23.7 Å². The Hall–Kier alpha value is -2.57. The van der Waals surface area contributed by atoms with E-state index in [1.165, 1.54) is 0 Å². The summed E-state index contributed by atoms with van der Waals surface area (Å²) in [6.45, 7) is 5.10. The third-order valence-electron chi connectivity index (χ3n) is 6.24. The van der Waals surface area contributed by atoms with E-state index < -0.39 is 0 Å². The number of rotatable bonds is 3. The smallest absolute Gasteiger partial charge is 0.225 e. The summed E-state index contributed by atoms with van der Waals surface area (Å²) in [6, 6.07) is 14.1. The van der Waals surface area contributed by atoms with Crippen molar-refractivity contribution in [3.8, 4) is 11.4 Å². The molecule has 0 aliphatic carbocycles. The van der Waals surface area contributed by atoms with Crippen LogP contribution in [0, 0.1) is 5.92 Å². The monoisotopic (exact) mass is 423 g/mol. The van der Waals surface area contributed by atoms with Crippen LogP contribution < -0.4 is 10.2 Å². The number of halogens is 1. The summed E-state index contributed by atoms with van der Waals surface area (Å²) in [5.41, 5.74) is 3.94. The first-order valence-electron chi connectivity index (χ1n) is 10.7. The average Bonchev–Trinajstić information content (AvgIpc) is 3.24. The van der Waals surface area contributed by atoms with Crippen LogP contribution in [0.5, 0.6) is 0 Å². The highest BCUT2D eigenvalue weighted by Gasteiger charge is 2.28. The number of aromatic nitrogens is 2. The lowest BCUT2D eigenvalue weighted by atomic mass is 9.96. The van der Waals surface area contributed by atoms with E-state index in [9.17, 15) is 4.79 Å². The molecule has 3 heterocycles. The van der Waals surface area contributed by atoms with Crippen molar-refractivity contribution in [1.29, 1.82) is 0 Å². The Kier molecular flexibility index (Phi) is 5.35. The maximum atomic E-state index is 12.8. The molecular weight excluding hydrogens is 398 g/mol. The standard InChI is InChI=1S/C23H26ClN5O/c24-19-6-5-17(15-18(19)22-26-20-3-1-2-4-21(20)27-22)28-11-13-29(14-12-28)23(30)16-7-9-25-10-8-16/h1-6,15-16,25H,7-14H2,(H,26,27). The summed E-state index contributed by atoms with van der Waals surface area (Å²) in [5.74, 6) is 1.30. The fourth-order valence-corrected chi connectivity index (χ4v) is 4.69. The molecule has 5 rings (SSSR count). The molecule has 0 bridgehead atoms. The van der Waals surface area contributed by atoms with Gasteiger partial charge in [-0.05, 0) is 56.3 Å². The number of amides is 1. The minimum atomic E-state index is 0.188. The Morgan fingerprint density at radius 3 is 2.57 bits per heavy atom. The molecule has 1 aromatic heterocycles. The molecule has 2 aliphatic heterocycles. The Morgan fingerprint density at radius 2 is 1.80 bits per heavy atom. The zero-order chi connectivity index (χ0) is 20.5. The van der Waals surface area contributed by atoms with Crippen molar-refractivity contribution in [2.24, 2.45) is 5.92 Å². The zero-order valence-electron chi connectivity index (χ0n) is 16.9. The lowest BCUT2D eigenvalue weighted by molar-refractivity contribution is -0.136. The highest BCUT2D eigenvalue weighted by molar-refractivity contribution is 6.33. The molecule has 156 valence electrons.